The molecule has 0 bridgehead atoms. The standard InChI is InChI=1S/C11H11ClOS/c1-3-13-11-7(2)8-5-4-6-9(12)10(8)14-11/h4-6H,3H2,1-2H3. The number of benzene rings is 1. The number of ether oxygens (including phenoxy) is 1. The van der Waals surface area contributed by atoms with Crippen LogP contribution in [0, 0.1) is 6.92 Å². The highest BCUT2D eigenvalue weighted by Crippen LogP contribution is 2.40. The van der Waals surface area contributed by atoms with Crippen LogP contribution in [0.1, 0.15) is 12.5 Å². The number of fused-ring (bicyclic) bond motifs is 1. The summed E-state index contributed by atoms with van der Waals surface area (Å²) in [6.07, 6.45) is 0. The maximum Gasteiger partial charge on any atom is 0.177 e. The molecule has 0 saturated carbocycles. The summed E-state index contributed by atoms with van der Waals surface area (Å²) in [4.78, 5) is 0. The summed E-state index contributed by atoms with van der Waals surface area (Å²) in [6.45, 7) is 4.76. The van der Waals surface area contributed by atoms with Crippen LogP contribution in [0.15, 0.2) is 18.2 Å². The van der Waals surface area contributed by atoms with E-state index in [1.807, 2.05) is 19.1 Å². The molecule has 2 rings (SSSR count). The fourth-order valence-corrected chi connectivity index (χ4v) is 2.87. The molecule has 0 spiro atoms. The highest BCUT2D eigenvalue weighted by molar-refractivity contribution is 7.21. The normalized spacial score (nSPS) is 10.8. The van der Waals surface area contributed by atoms with Gasteiger partial charge >= 0.3 is 0 Å². The van der Waals surface area contributed by atoms with Crippen molar-refractivity contribution in [3.05, 3.63) is 28.8 Å². The highest BCUT2D eigenvalue weighted by Gasteiger charge is 2.10. The predicted octanol–water partition coefficient (Wildman–Crippen LogP) is 4.26. The molecular formula is C11H11ClOS. The van der Waals surface area contributed by atoms with Gasteiger partial charge in [0.05, 0.1) is 16.3 Å². The summed E-state index contributed by atoms with van der Waals surface area (Å²) in [6, 6.07) is 5.96. The van der Waals surface area contributed by atoms with Crippen molar-refractivity contribution in [3.63, 3.8) is 0 Å². The minimum Gasteiger partial charge on any atom is -0.484 e. The zero-order chi connectivity index (χ0) is 10.1. The van der Waals surface area contributed by atoms with Crippen molar-refractivity contribution in [3.8, 4) is 5.06 Å². The number of hydrogen-bond donors (Lipinski definition) is 0. The minimum atomic E-state index is 0.700. The molecule has 0 N–H and O–H groups in total. The third-order valence-corrected chi connectivity index (χ3v) is 3.83. The van der Waals surface area contributed by atoms with Crippen molar-refractivity contribution in [1.82, 2.24) is 0 Å². The van der Waals surface area contributed by atoms with Crippen LogP contribution < -0.4 is 4.74 Å². The van der Waals surface area contributed by atoms with Gasteiger partial charge in [-0.25, -0.2) is 0 Å². The lowest BCUT2D eigenvalue weighted by molar-refractivity contribution is 0.348. The van der Waals surface area contributed by atoms with Crippen LogP contribution in [0.25, 0.3) is 10.1 Å². The van der Waals surface area contributed by atoms with Gasteiger partial charge in [-0.3, -0.25) is 0 Å². The van der Waals surface area contributed by atoms with E-state index in [0.717, 1.165) is 14.8 Å². The molecule has 1 aromatic heterocycles. The maximum atomic E-state index is 6.10. The van der Waals surface area contributed by atoms with Crippen molar-refractivity contribution >= 4 is 33.0 Å². The van der Waals surface area contributed by atoms with Crippen molar-refractivity contribution in [1.29, 1.82) is 0 Å². The first-order valence-corrected chi connectivity index (χ1v) is 5.74. The van der Waals surface area contributed by atoms with E-state index >= 15 is 0 Å². The summed E-state index contributed by atoms with van der Waals surface area (Å²) in [7, 11) is 0. The molecule has 74 valence electrons. The van der Waals surface area contributed by atoms with E-state index in [1.165, 1.54) is 10.9 Å². The van der Waals surface area contributed by atoms with Gasteiger partial charge in [-0.15, -0.1) is 0 Å². The largest absolute Gasteiger partial charge is 0.484 e. The van der Waals surface area contributed by atoms with Crippen molar-refractivity contribution < 1.29 is 4.74 Å². The zero-order valence-corrected chi connectivity index (χ0v) is 9.71. The van der Waals surface area contributed by atoms with E-state index in [9.17, 15) is 0 Å². The first-order chi connectivity index (χ1) is 6.74. The Hall–Kier alpha value is -0.730. The Bertz CT molecular complexity index is 462. The van der Waals surface area contributed by atoms with Crippen LogP contribution in [-0.4, -0.2) is 6.61 Å². The Kier molecular flexibility index (Phi) is 2.66. The quantitative estimate of drug-likeness (QED) is 0.744. The Balaban J connectivity index is 2.67. The predicted molar refractivity (Wildman–Crippen MR) is 62.7 cm³/mol. The minimum absolute atomic E-state index is 0.700. The average molecular weight is 227 g/mol. The SMILES string of the molecule is CCOc1sc2c(Cl)cccc2c1C. The molecule has 0 aliphatic heterocycles. The first kappa shape index (κ1) is 9.81. The molecule has 0 aliphatic rings. The van der Waals surface area contributed by atoms with Crippen LogP contribution >= 0.6 is 22.9 Å². The zero-order valence-electron chi connectivity index (χ0n) is 8.13. The van der Waals surface area contributed by atoms with Gasteiger partial charge in [-0.05, 0) is 19.9 Å². The van der Waals surface area contributed by atoms with Gasteiger partial charge in [0.1, 0.15) is 0 Å². The van der Waals surface area contributed by atoms with Crippen molar-refractivity contribution in [2.24, 2.45) is 0 Å². The van der Waals surface area contributed by atoms with Gasteiger partial charge in [0, 0.05) is 10.9 Å². The number of halogens is 1. The van der Waals surface area contributed by atoms with E-state index < -0.39 is 0 Å². The van der Waals surface area contributed by atoms with Crippen LogP contribution in [0.4, 0.5) is 0 Å². The lowest BCUT2D eigenvalue weighted by Gasteiger charge is -1.98. The summed E-state index contributed by atoms with van der Waals surface area (Å²) < 4.78 is 6.66. The molecule has 0 aliphatic carbocycles. The van der Waals surface area contributed by atoms with Crippen molar-refractivity contribution in [2.75, 3.05) is 6.61 Å². The summed E-state index contributed by atoms with van der Waals surface area (Å²) in [5.41, 5.74) is 1.19. The second kappa shape index (κ2) is 3.79. The third-order valence-electron chi connectivity index (χ3n) is 2.15. The highest BCUT2D eigenvalue weighted by atomic mass is 35.5. The topological polar surface area (TPSA) is 9.23 Å². The molecule has 3 heteroatoms. The van der Waals surface area contributed by atoms with E-state index in [0.29, 0.717) is 6.61 Å². The Morgan fingerprint density at radius 2 is 2.21 bits per heavy atom. The number of hydrogen-bond acceptors (Lipinski definition) is 2. The van der Waals surface area contributed by atoms with Gasteiger partial charge in [0.2, 0.25) is 0 Å². The van der Waals surface area contributed by atoms with E-state index in [-0.39, 0.29) is 0 Å². The number of aryl methyl sites for hydroxylation is 1. The molecule has 0 saturated heterocycles. The maximum absolute atomic E-state index is 6.10. The van der Waals surface area contributed by atoms with Crippen LogP contribution in [0.2, 0.25) is 5.02 Å². The molecule has 0 unspecified atom stereocenters. The van der Waals surface area contributed by atoms with Crippen LogP contribution in [0.3, 0.4) is 0 Å². The second-order valence-electron chi connectivity index (χ2n) is 3.06. The molecular weight excluding hydrogens is 216 g/mol. The smallest absolute Gasteiger partial charge is 0.177 e. The lowest BCUT2D eigenvalue weighted by atomic mass is 10.2. The summed E-state index contributed by atoms with van der Waals surface area (Å²) >= 11 is 7.72. The van der Waals surface area contributed by atoms with E-state index in [1.54, 1.807) is 11.3 Å². The van der Waals surface area contributed by atoms with Gasteiger partial charge in [0.25, 0.3) is 0 Å². The van der Waals surface area contributed by atoms with Gasteiger partial charge in [-0.1, -0.05) is 35.1 Å². The van der Waals surface area contributed by atoms with Gasteiger partial charge in [-0.2, -0.15) is 0 Å². The van der Waals surface area contributed by atoms with Crippen molar-refractivity contribution in [2.45, 2.75) is 13.8 Å². The van der Waals surface area contributed by atoms with Gasteiger partial charge < -0.3 is 4.74 Å². The molecule has 1 aromatic carbocycles. The fourth-order valence-electron chi connectivity index (χ4n) is 1.46. The Labute approximate surface area is 92.3 Å². The molecule has 2 aromatic rings. The monoisotopic (exact) mass is 226 g/mol. The number of rotatable bonds is 2. The average Bonchev–Trinajstić information content (AvgIpc) is 2.48. The van der Waals surface area contributed by atoms with Crippen LogP contribution in [0.5, 0.6) is 5.06 Å². The molecule has 1 nitrogen and oxygen atoms in total. The third kappa shape index (κ3) is 1.49. The Morgan fingerprint density at radius 3 is 2.86 bits per heavy atom. The molecule has 1 heterocycles. The van der Waals surface area contributed by atoms with E-state index in [4.69, 9.17) is 16.3 Å². The fraction of sp³-hybridized carbons (Fsp3) is 0.273. The number of thiophene rings is 1. The second-order valence-corrected chi connectivity index (χ2v) is 4.45. The van der Waals surface area contributed by atoms with E-state index in [2.05, 4.69) is 13.0 Å². The molecule has 0 atom stereocenters. The first-order valence-electron chi connectivity index (χ1n) is 4.54. The molecule has 14 heavy (non-hydrogen) atoms. The molecule has 0 radical (unpaired) electrons. The molecule has 0 fully saturated rings. The Morgan fingerprint density at radius 1 is 1.43 bits per heavy atom. The summed E-state index contributed by atoms with van der Waals surface area (Å²) in [5, 5.41) is 2.99. The van der Waals surface area contributed by atoms with Crippen LogP contribution in [-0.2, 0) is 0 Å². The summed E-state index contributed by atoms with van der Waals surface area (Å²) in [5.74, 6) is 0. The molecule has 0 amide bonds. The lowest BCUT2D eigenvalue weighted by Crippen LogP contribution is -1.89. The van der Waals surface area contributed by atoms with Gasteiger partial charge in [0.15, 0.2) is 5.06 Å².